The highest BCUT2D eigenvalue weighted by Crippen LogP contribution is 2.13. The quantitative estimate of drug-likeness (QED) is 0.743. The van der Waals surface area contributed by atoms with E-state index in [1.54, 1.807) is 0 Å². The molecule has 1 atom stereocenters. The summed E-state index contributed by atoms with van der Waals surface area (Å²) in [6.45, 7) is 0.148. The van der Waals surface area contributed by atoms with E-state index in [1.807, 2.05) is 47.8 Å². The van der Waals surface area contributed by atoms with Crippen LogP contribution in [-0.4, -0.2) is 35.3 Å². The molecule has 6 nitrogen and oxygen atoms in total. The zero-order valence-corrected chi connectivity index (χ0v) is 14.4. The molecule has 1 aliphatic heterocycles. The number of thiophene rings is 1. The normalized spacial score (nSPS) is 16.8. The number of hydrogen-bond donors (Lipinski definition) is 2. The summed E-state index contributed by atoms with van der Waals surface area (Å²) in [6.07, 6.45) is 1.21. The zero-order chi connectivity index (χ0) is 17.6. The van der Waals surface area contributed by atoms with Crippen LogP contribution in [0.2, 0.25) is 0 Å². The molecule has 1 aromatic carbocycles. The van der Waals surface area contributed by atoms with Crippen molar-refractivity contribution in [2.75, 3.05) is 6.54 Å². The van der Waals surface area contributed by atoms with Gasteiger partial charge in [0.05, 0.1) is 6.54 Å². The lowest BCUT2D eigenvalue weighted by molar-refractivity contribution is -0.132. The molecule has 2 N–H and O–H groups in total. The van der Waals surface area contributed by atoms with Gasteiger partial charge in [0.25, 0.3) is 5.91 Å². The van der Waals surface area contributed by atoms with E-state index in [0.29, 0.717) is 19.4 Å². The molecule has 0 saturated carbocycles. The van der Waals surface area contributed by atoms with Gasteiger partial charge in [-0.1, -0.05) is 36.4 Å². The van der Waals surface area contributed by atoms with Crippen molar-refractivity contribution < 1.29 is 14.4 Å². The summed E-state index contributed by atoms with van der Waals surface area (Å²) >= 11 is 1.54. The molecule has 1 unspecified atom stereocenters. The molecule has 1 aliphatic rings. The van der Waals surface area contributed by atoms with Crippen molar-refractivity contribution >= 4 is 29.2 Å². The van der Waals surface area contributed by atoms with Crippen LogP contribution in [-0.2, 0) is 22.6 Å². The Morgan fingerprint density at radius 1 is 1.16 bits per heavy atom. The molecule has 2 aromatic rings. The fourth-order valence-electron chi connectivity index (χ4n) is 2.68. The van der Waals surface area contributed by atoms with E-state index in [9.17, 15) is 14.4 Å². The van der Waals surface area contributed by atoms with Gasteiger partial charge in [0.2, 0.25) is 5.91 Å². The Hall–Kier alpha value is -2.67. The van der Waals surface area contributed by atoms with Crippen LogP contribution in [0.15, 0.2) is 47.8 Å². The van der Waals surface area contributed by atoms with Crippen LogP contribution in [0, 0.1) is 0 Å². The number of urea groups is 1. The van der Waals surface area contributed by atoms with Crippen molar-refractivity contribution in [1.82, 2.24) is 15.5 Å². The SMILES string of the molecule is O=C(CN1C(=O)NC(CCc2ccccc2)C1=O)NCc1cccs1. The van der Waals surface area contributed by atoms with Crippen molar-refractivity contribution in [2.24, 2.45) is 0 Å². The maximum Gasteiger partial charge on any atom is 0.325 e. The van der Waals surface area contributed by atoms with Gasteiger partial charge in [0.15, 0.2) is 0 Å². The molecule has 1 fully saturated rings. The summed E-state index contributed by atoms with van der Waals surface area (Å²) < 4.78 is 0. The molecule has 4 amide bonds. The number of aryl methyl sites for hydroxylation is 1. The highest BCUT2D eigenvalue weighted by molar-refractivity contribution is 7.09. The standard InChI is InChI=1S/C18H19N3O3S/c22-16(19-11-14-7-4-10-25-14)12-21-17(23)15(20-18(21)24)9-8-13-5-2-1-3-6-13/h1-7,10,15H,8-9,11-12H2,(H,19,22)(H,20,24). The largest absolute Gasteiger partial charge is 0.350 e. The summed E-state index contributed by atoms with van der Waals surface area (Å²) in [5, 5.41) is 7.31. The lowest BCUT2D eigenvalue weighted by Gasteiger charge is -2.12. The minimum absolute atomic E-state index is 0.252. The number of nitrogens with one attached hydrogen (secondary N) is 2. The van der Waals surface area contributed by atoms with Gasteiger partial charge < -0.3 is 10.6 Å². The number of hydrogen-bond acceptors (Lipinski definition) is 4. The summed E-state index contributed by atoms with van der Waals surface area (Å²) in [4.78, 5) is 38.4. The van der Waals surface area contributed by atoms with Crippen molar-refractivity contribution in [1.29, 1.82) is 0 Å². The maximum atomic E-state index is 12.4. The van der Waals surface area contributed by atoms with Crippen LogP contribution >= 0.6 is 11.3 Å². The molecule has 0 aliphatic carbocycles. The average molecular weight is 357 g/mol. The molecule has 1 saturated heterocycles. The Morgan fingerprint density at radius 3 is 2.68 bits per heavy atom. The second-order valence-electron chi connectivity index (χ2n) is 5.81. The highest BCUT2D eigenvalue weighted by atomic mass is 32.1. The Labute approximate surface area is 149 Å². The lowest BCUT2D eigenvalue weighted by Crippen LogP contribution is -2.40. The molecule has 7 heteroatoms. The molecule has 0 bridgehead atoms. The van der Waals surface area contributed by atoms with Crippen LogP contribution in [0.3, 0.4) is 0 Å². The molecule has 130 valence electrons. The van der Waals surface area contributed by atoms with E-state index in [2.05, 4.69) is 10.6 Å². The monoisotopic (exact) mass is 357 g/mol. The first-order valence-electron chi connectivity index (χ1n) is 8.08. The van der Waals surface area contributed by atoms with Crippen molar-refractivity contribution in [2.45, 2.75) is 25.4 Å². The van der Waals surface area contributed by atoms with Crippen LogP contribution < -0.4 is 10.6 Å². The first kappa shape index (κ1) is 17.2. The van der Waals surface area contributed by atoms with E-state index in [-0.39, 0.29) is 18.4 Å². The van der Waals surface area contributed by atoms with E-state index in [4.69, 9.17) is 0 Å². The molecule has 1 aromatic heterocycles. The summed E-state index contributed by atoms with van der Waals surface area (Å²) in [7, 11) is 0. The maximum absolute atomic E-state index is 12.4. The number of carbonyl (C=O) groups is 3. The number of carbonyl (C=O) groups excluding carboxylic acids is 3. The third-order valence-electron chi connectivity index (χ3n) is 4.01. The van der Waals surface area contributed by atoms with Gasteiger partial charge >= 0.3 is 6.03 Å². The first-order valence-corrected chi connectivity index (χ1v) is 8.96. The van der Waals surface area contributed by atoms with E-state index in [0.717, 1.165) is 15.3 Å². The zero-order valence-electron chi connectivity index (χ0n) is 13.6. The minimum atomic E-state index is -0.571. The summed E-state index contributed by atoms with van der Waals surface area (Å²) in [5.41, 5.74) is 1.11. The molecule has 3 rings (SSSR count). The fourth-order valence-corrected chi connectivity index (χ4v) is 3.32. The third kappa shape index (κ3) is 4.45. The molecule has 2 heterocycles. The summed E-state index contributed by atoms with van der Waals surface area (Å²) in [5.74, 6) is -0.687. The lowest BCUT2D eigenvalue weighted by atomic mass is 10.1. The molecule has 0 spiro atoms. The van der Waals surface area contributed by atoms with Gasteiger partial charge in [0.1, 0.15) is 12.6 Å². The van der Waals surface area contributed by atoms with Crippen LogP contribution in [0.1, 0.15) is 16.9 Å². The van der Waals surface area contributed by atoms with Gasteiger partial charge in [-0.25, -0.2) is 4.79 Å². The van der Waals surface area contributed by atoms with Gasteiger partial charge in [0, 0.05) is 4.88 Å². The van der Waals surface area contributed by atoms with Crippen LogP contribution in [0.4, 0.5) is 4.79 Å². The Bertz CT molecular complexity index is 746. The topological polar surface area (TPSA) is 78.5 Å². The third-order valence-corrected chi connectivity index (χ3v) is 4.89. The van der Waals surface area contributed by atoms with Crippen molar-refractivity contribution in [3.63, 3.8) is 0 Å². The first-order chi connectivity index (χ1) is 12.1. The predicted molar refractivity (Wildman–Crippen MR) is 95.0 cm³/mol. The Balaban J connectivity index is 1.49. The molecular formula is C18H19N3O3S. The van der Waals surface area contributed by atoms with Crippen LogP contribution in [0.25, 0.3) is 0 Å². The van der Waals surface area contributed by atoms with Gasteiger partial charge in [-0.15, -0.1) is 11.3 Å². The van der Waals surface area contributed by atoms with Gasteiger partial charge in [-0.05, 0) is 29.9 Å². The van der Waals surface area contributed by atoms with Crippen molar-refractivity contribution in [3.8, 4) is 0 Å². The van der Waals surface area contributed by atoms with Gasteiger partial charge in [-0.2, -0.15) is 0 Å². The van der Waals surface area contributed by atoms with E-state index < -0.39 is 12.1 Å². The fraction of sp³-hybridized carbons (Fsp3) is 0.278. The number of rotatable bonds is 7. The number of amides is 4. The van der Waals surface area contributed by atoms with Crippen LogP contribution in [0.5, 0.6) is 0 Å². The second-order valence-corrected chi connectivity index (χ2v) is 6.84. The second kappa shape index (κ2) is 7.94. The predicted octanol–water partition coefficient (Wildman–Crippen LogP) is 1.92. The minimum Gasteiger partial charge on any atom is -0.350 e. The van der Waals surface area contributed by atoms with E-state index >= 15 is 0 Å². The van der Waals surface area contributed by atoms with Gasteiger partial charge in [-0.3, -0.25) is 14.5 Å². The Morgan fingerprint density at radius 2 is 1.96 bits per heavy atom. The summed E-state index contributed by atoms with van der Waals surface area (Å²) in [6, 6.07) is 12.5. The number of imide groups is 1. The van der Waals surface area contributed by atoms with Crippen molar-refractivity contribution in [3.05, 3.63) is 58.3 Å². The highest BCUT2D eigenvalue weighted by Gasteiger charge is 2.38. The molecule has 0 radical (unpaired) electrons. The van der Waals surface area contributed by atoms with E-state index in [1.165, 1.54) is 11.3 Å². The average Bonchev–Trinajstić information content (AvgIpc) is 3.23. The Kier molecular flexibility index (Phi) is 5.45. The number of nitrogens with zero attached hydrogens (tertiary/aromatic N) is 1. The molecular weight excluding hydrogens is 338 g/mol. The smallest absolute Gasteiger partial charge is 0.325 e. The number of benzene rings is 1. The molecule has 25 heavy (non-hydrogen) atoms.